The van der Waals surface area contributed by atoms with Crippen LogP contribution >= 0.6 is 0 Å². The Labute approximate surface area is 146 Å². The fourth-order valence-corrected chi connectivity index (χ4v) is 2.63. The predicted molar refractivity (Wildman–Crippen MR) is 103 cm³/mol. The SMILES string of the molecule is COc1cc(NCCCCCN[C@H](C)C(C)C)c2ncccc2c1. The van der Waals surface area contributed by atoms with Gasteiger partial charge in [0.2, 0.25) is 0 Å². The van der Waals surface area contributed by atoms with Crippen LogP contribution in [0.25, 0.3) is 10.9 Å². The maximum atomic E-state index is 5.39. The first kappa shape index (κ1) is 18.5. The lowest BCUT2D eigenvalue weighted by Gasteiger charge is -2.17. The van der Waals surface area contributed by atoms with Gasteiger partial charge in [-0.05, 0) is 44.4 Å². The van der Waals surface area contributed by atoms with Crippen molar-refractivity contribution in [2.45, 2.75) is 46.1 Å². The fraction of sp³-hybridized carbons (Fsp3) is 0.550. The summed E-state index contributed by atoms with van der Waals surface area (Å²) in [5.74, 6) is 1.56. The molecule has 0 unspecified atom stereocenters. The molecule has 0 amide bonds. The van der Waals surface area contributed by atoms with Gasteiger partial charge in [0.1, 0.15) is 5.75 Å². The molecule has 0 radical (unpaired) electrons. The van der Waals surface area contributed by atoms with E-state index >= 15 is 0 Å². The number of anilines is 1. The lowest BCUT2D eigenvalue weighted by molar-refractivity contribution is 0.415. The van der Waals surface area contributed by atoms with Crippen molar-refractivity contribution in [3.8, 4) is 5.75 Å². The van der Waals surface area contributed by atoms with Crippen molar-refractivity contribution < 1.29 is 4.74 Å². The molecule has 132 valence electrons. The third-order valence-electron chi connectivity index (χ3n) is 4.55. The molecule has 24 heavy (non-hydrogen) atoms. The highest BCUT2D eigenvalue weighted by Crippen LogP contribution is 2.27. The molecule has 4 heteroatoms. The predicted octanol–water partition coefficient (Wildman–Crippen LogP) is 4.46. The Hall–Kier alpha value is -1.81. The van der Waals surface area contributed by atoms with E-state index in [1.807, 2.05) is 24.4 Å². The summed E-state index contributed by atoms with van der Waals surface area (Å²) in [6.07, 6.45) is 5.43. The smallest absolute Gasteiger partial charge is 0.121 e. The fourth-order valence-electron chi connectivity index (χ4n) is 2.63. The zero-order valence-corrected chi connectivity index (χ0v) is 15.4. The summed E-state index contributed by atoms with van der Waals surface area (Å²) in [5, 5.41) is 8.20. The van der Waals surface area contributed by atoms with Crippen LogP contribution in [0.3, 0.4) is 0 Å². The van der Waals surface area contributed by atoms with Crippen LogP contribution in [0.5, 0.6) is 5.75 Å². The van der Waals surface area contributed by atoms with Crippen molar-refractivity contribution in [1.29, 1.82) is 0 Å². The molecule has 0 aliphatic heterocycles. The zero-order valence-electron chi connectivity index (χ0n) is 15.4. The molecule has 1 atom stereocenters. The summed E-state index contributed by atoms with van der Waals surface area (Å²) >= 11 is 0. The first-order valence-electron chi connectivity index (χ1n) is 9.02. The van der Waals surface area contributed by atoms with Crippen molar-refractivity contribution >= 4 is 16.6 Å². The van der Waals surface area contributed by atoms with Gasteiger partial charge in [-0.2, -0.15) is 0 Å². The third-order valence-corrected chi connectivity index (χ3v) is 4.55. The van der Waals surface area contributed by atoms with Gasteiger partial charge in [-0.25, -0.2) is 0 Å². The molecule has 2 rings (SSSR count). The molecule has 4 nitrogen and oxygen atoms in total. The Bertz CT molecular complexity index is 627. The van der Waals surface area contributed by atoms with E-state index in [-0.39, 0.29) is 0 Å². The topological polar surface area (TPSA) is 46.2 Å². The third kappa shape index (κ3) is 5.38. The van der Waals surface area contributed by atoms with Crippen LogP contribution in [0, 0.1) is 5.92 Å². The Kier molecular flexibility index (Phi) is 7.32. The number of hydrogen-bond donors (Lipinski definition) is 2. The molecular formula is C20H31N3O. The number of ether oxygens (including phenoxy) is 1. The molecule has 0 bridgehead atoms. The molecule has 1 aromatic carbocycles. The molecule has 0 fully saturated rings. The van der Waals surface area contributed by atoms with Crippen LogP contribution in [0.2, 0.25) is 0 Å². The Morgan fingerprint density at radius 1 is 1.08 bits per heavy atom. The number of benzene rings is 1. The number of methoxy groups -OCH3 is 1. The molecule has 0 saturated heterocycles. The number of unbranched alkanes of at least 4 members (excludes halogenated alkanes) is 2. The summed E-state index contributed by atoms with van der Waals surface area (Å²) in [5.41, 5.74) is 2.06. The zero-order chi connectivity index (χ0) is 17.4. The van der Waals surface area contributed by atoms with Crippen LogP contribution in [0.1, 0.15) is 40.0 Å². The standard InChI is InChI=1S/C20H31N3O/c1-15(2)16(3)21-10-6-5-7-11-22-19-14-18(24-4)13-17-9-8-12-23-20(17)19/h8-9,12-16,21-22H,5-7,10-11H2,1-4H3/t16-/m1/s1. The van der Waals surface area contributed by atoms with E-state index in [0.29, 0.717) is 12.0 Å². The first-order valence-corrected chi connectivity index (χ1v) is 9.02. The van der Waals surface area contributed by atoms with Crippen LogP contribution in [0.15, 0.2) is 30.5 Å². The van der Waals surface area contributed by atoms with Crippen molar-refractivity contribution in [2.75, 3.05) is 25.5 Å². The minimum absolute atomic E-state index is 0.595. The second-order valence-corrected chi connectivity index (χ2v) is 6.72. The van der Waals surface area contributed by atoms with Gasteiger partial charge in [-0.1, -0.05) is 26.3 Å². The summed E-state index contributed by atoms with van der Waals surface area (Å²) in [7, 11) is 1.70. The molecular weight excluding hydrogens is 298 g/mol. The quantitative estimate of drug-likeness (QED) is 0.632. The molecule has 0 aliphatic carbocycles. The number of aromatic nitrogens is 1. The molecule has 1 aromatic heterocycles. The summed E-state index contributed by atoms with van der Waals surface area (Å²) < 4.78 is 5.39. The Morgan fingerprint density at radius 3 is 2.62 bits per heavy atom. The van der Waals surface area contributed by atoms with E-state index in [2.05, 4.69) is 42.5 Å². The van der Waals surface area contributed by atoms with Gasteiger partial charge in [-0.15, -0.1) is 0 Å². The Balaban J connectivity index is 1.77. The van der Waals surface area contributed by atoms with E-state index in [9.17, 15) is 0 Å². The molecule has 0 saturated carbocycles. The minimum atomic E-state index is 0.595. The molecule has 0 spiro atoms. The number of pyridine rings is 1. The largest absolute Gasteiger partial charge is 0.497 e. The van der Waals surface area contributed by atoms with Crippen LogP contribution in [0.4, 0.5) is 5.69 Å². The number of rotatable bonds is 10. The molecule has 1 heterocycles. The van der Waals surface area contributed by atoms with Gasteiger partial charge in [-0.3, -0.25) is 4.98 Å². The van der Waals surface area contributed by atoms with E-state index in [4.69, 9.17) is 4.74 Å². The summed E-state index contributed by atoms with van der Waals surface area (Å²) in [6, 6.07) is 8.67. The Morgan fingerprint density at radius 2 is 1.88 bits per heavy atom. The van der Waals surface area contributed by atoms with Crippen molar-refractivity contribution in [3.63, 3.8) is 0 Å². The van der Waals surface area contributed by atoms with Gasteiger partial charge in [0.05, 0.1) is 18.3 Å². The summed E-state index contributed by atoms with van der Waals surface area (Å²) in [4.78, 5) is 4.49. The van der Waals surface area contributed by atoms with Gasteiger partial charge < -0.3 is 15.4 Å². The second kappa shape index (κ2) is 9.48. The van der Waals surface area contributed by atoms with Gasteiger partial charge in [0.15, 0.2) is 0 Å². The van der Waals surface area contributed by atoms with Gasteiger partial charge in [0, 0.05) is 30.2 Å². The van der Waals surface area contributed by atoms with Crippen LogP contribution < -0.4 is 15.4 Å². The highest BCUT2D eigenvalue weighted by molar-refractivity contribution is 5.91. The monoisotopic (exact) mass is 329 g/mol. The van der Waals surface area contributed by atoms with E-state index in [1.54, 1.807) is 7.11 Å². The maximum Gasteiger partial charge on any atom is 0.121 e. The lowest BCUT2D eigenvalue weighted by atomic mass is 10.1. The van der Waals surface area contributed by atoms with Crippen molar-refractivity contribution in [2.24, 2.45) is 5.92 Å². The molecule has 2 N–H and O–H groups in total. The van der Waals surface area contributed by atoms with E-state index in [0.717, 1.165) is 41.9 Å². The summed E-state index contributed by atoms with van der Waals surface area (Å²) in [6.45, 7) is 8.83. The number of hydrogen-bond acceptors (Lipinski definition) is 4. The molecule has 2 aromatic rings. The first-order chi connectivity index (χ1) is 11.6. The van der Waals surface area contributed by atoms with Crippen LogP contribution in [-0.4, -0.2) is 31.2 Å². The number of fused-ring (bicyclic) bond motifs is 1. The van der Waals surface area contributed by atoms with E-state index < -0.39 is 0 Å². The second-order valence-electron chi connectivity index (χ2n) is 6.72. The number of nitrogens with zero attached hydrogens (tertiary/aromatic N) is 1. The normalized spacial score (nSPS) is 12.5. The molecule has 0 aliphatic rings. The highest BCUT2D eigenvalue weighted by Gasteiger charge is 2.06. The van der Waals surface area contributed by atoms with E-state index in [1.165, 1.54) is 12.8 Å². The maximum absolute atomic E-state index is 5.39. The average molecular weight is 329 g/mol. The highest BCUT2D eigenvalue weighted by atomic mass is 16.5. The number of nitrogens with one attached hydrogen (secondary N) is 2. The lowest BCUT2D eigenvalue weighted by Crippen LogP contribution is -2.31. The van der Waals surface area contributed by atoms with Crippen molar-refractivity contribution in [1.82, 2.24) is 10.3 Å². The van der Waals surface area contributed by atoms with Gasteiger partial charge >= 0.3 is 0 Å². The van der Waals surface area contributed by atoms with Crippen LogP contribution in [-0.2, 0) is 0 Å². The van der Waals surface area contributed by atoms with Crippen molar-refractivity contribution in [3.05, 3.63) is 30.5 Å². The minimum Gasteiger partial charge on any atom is -0.497 e. The van der Waals surface area contributed by atoms with Gasteiger partial charge in [0.25, 0.3) is 0 Å². The average Bonchev–Trinajstić information content (AvgIpc) is 2.60.